The van der Waals surface area contributed by atoms with Gasteiger partial charge < -0.3 is 19.7 Å². The lowest BCUT2D eigenvalue weighted by Crippen LogP contribution is -2.55. The normalized spacial score (nSPS) is 14.0. The molecule has 0 spiro atoms. The fraction of sp³-hybridized carbons (Fsp3) is 0.333. The van der Waals surface area contributed by atoms with Gasteiger partial charge in [0.15, 0.2) is 0 Å². The highest BCUT2D eigenvalue weighted by molar-refractivity contribution is 7.92. The van der Waals surface area contributed by atoms with E-state index in [0.29, 0.717) is 23.1 Å². The molecular formula is C39H44ClN3O6S. The van der Waals surface area contributed by atoms with Gasteiger partial charge >= 0.3 is 0 Å². The number of methoxy groups -OCH3 is 1. The molecule has 264 valence electrons. The number of carbonyl (C=O) groups is 2. The summed E-state index contributed by atoms with van der Waals surface area (Å²) in [5.41, 5.74) is 1.87. The van der Waals surface area contributed by atoms with Gasteiger partial charge in [0.2, 0.25) is 11.8 Å². The summed E-state index contributed by atoms with van der Waals surface area (Å²) in [5.74, 6) is 0.347. The van der Waals surface area contributed by atoms with Gasteiger partial charge in [-0.3, -0.25) is 13.9 Å². The Balaban J connectivity index is 1.57. The van der Waals surface area contributed by atoms with E-state index in [-0.39, 0.29) is 35.5 Å². The van der Waals surface area contributed by atoms with Crippen molar-refractivity contribution >= 4 is 39.1 Å². The molecule has 0 radical (unpaired) electrons. The SMILES string of the molecule is CCOc1ccc(N(CC(=O)N(Cc2cccc(OC)c2)[C@H](Cc2ccccc2)C(=O)NC2CCCCC2)S(=O)(=O)c2ccc(Cl)cc2)cc1. The van der Waals surface area contributed by atoms with E-state index < -0.39 is 28.5 Å². The molecule has 1 N–H and O–H groups in total. The van der Waals surface area contributed by atoms with Crippen LogP contribution in [-0.4, -0.2) is 57.5 Å². The first-order valence-corrected chi connectivity index (χ1v) is 18.8. The number of nitrogens with zero attached hydrogens (tertiary/aromatic N) is 2. The van der Waals surface area contributed by atoms with Crippen LogP contribution < -0.4 is 19.1 Å². The zero-order valence-electron chi connectivity index (χ0n) is 28.5. The minimum absolute atomic E-state index is 0.00827. The Bertz CT molecular complexity index is 1820. The van der Waals surface area contributed by atoms with E-state index in [0.717, 1.165) is 47.5 Å². The van der Waals surface area contributed by atoms with Crippen LogP contribution in [0, 0.1) is 0 Å². The third-order valence-electron chi connectivity index (χ3n) is 8.83. The number of sulfonamides is 1. The zero-order valence-corrected chi connectivity index (χ0v) is 30.0. The number of hydrogen-bond acceptors (Lipinski definition) is 6. The number of nitrogens with one attached hydrogen (secondary N) is 1. The maximum Gasteiger partial charge on any atom is 0.264 e. The van der Waals surface area contributed by atoms with Crippen LogP contribution in [0.5, 0.6) is 11.5 Å². The maximum atomic E-state index is 14.8. The lowest BCUT2D eigenvalue weighted by atomic mass is 9.94. The molecular weight excluding hydrogens is 674 g/mol. The number of anilines is 1. The monoisotopic (exact) mass is 717 g/mol. The Labute approximate surface area is 300 Å². The molecule has 1 aliphatic rings. The van der Waals surface area contributed by atoms with Crippen LogP contribution >= 0.6 is 11.6 Å². The van der Waals surface area contributed by atoms with E-state index in [9.17, 15) is 18.0 Å². The molecule has 0 aromatic heterocycles. The molecule has 4 aromatic rings. The number of rotatable bonds is 15. The first-order chi connectivity index (χ1) is 24.2. The van der Waals surface area contributed by atoms with Gasteiger partial charge in [-0.2, -0.15) is 0 Å². The molecule has 1 aliphatic carbocycles. The van der Waals surface area contributed by atoms with Gasteiger partial charge in [-0.1, -0.05) is 73.3 Å². The number of benzene rings is 4. The fourth-order valence-electron chi connectivity index (χ4n) is 6.20. The fourth-order valence-corrected chi connectivity index (χ4v) is 7.74. The summed E-state index contributed by atoms with van der Waals surface area (Å²) in [6.07, 6.45) is 5.17. The van der Waals surface area contributed by atoms with Crippen molar-refractivity contribution in [2.45, 2.75) is 69.0 Å². The summed E-state index contributed by atoms with van der Waals surface area (Å²) in [6, 6.07) is 28.3. The molecule has 5 rings (SSSR count). The van der Waals surface area contributed by atoms with Crippen molar-refractivity contribution in [1.29, 1.82) is 0 Å². The lowest BCUT2D eigenvalue weighted by molar-refractivity contribution is -0.140. The molecule has 11 heteroatoms. The first kappa shape index (κ1) is 36.7. The molecule has 1 atom stereocenters. The third-order valence-corrected chi connectivity index (χ3v) is 10.9. The van der Waals surface area contributed by atoms with Crippen molar-refractivity contribution in [2.75, 3.05) is 24.6 Å². The molecule has 50 heavy (non-hydrogen) atoms. The van der Waals surface area contributed by atoms with Gasteiger partial charge in [-0.05, 0) is 91.6 Å². The van der Waals surface area contributed by atoms with Gasteiger partial charge in [0.1, 0.15) is 24.1 Å². The molecule has 0 bridgehead atoms. The first-order valence-electron chi connectivity index (χ1n) is 17.0. The highest BCUT2D eigenvalue weighted by Crippen LogP contribution is 2.28. The van der Waals surface area contributed by atoms with E-state index in [4.69, 9.17) is 21.1 Å². The number of amides is 2. The Morgan fingerprint density at radius 1 is 0.860 bits per heavy atom. The molecule has 1 fully saturated rings. The molecule has 2 amide bonds. The van der Waals surface area contributed by atoms with Gasteiger partial charge in [0.05, 0.1) is 24.3 Å². The van der Waals surface area contributed by atoms with Crippen LogP contribution in [-0.2, 0) is 32.6 Å². The van der Waals surface area contributed by atoms with Crippen molar-refractivity contribution in [2.24, 2.45) is 0 Å². The zero-order chi connectivity index (χ0) is 35.5. The Morgan fingerprint density at radius 2 is 1.54 bits per heavy atom. The van der Waals surface area contributed by atoms with Crippen molar-refractivity contribution in [3.63, 3.8) is 0 Å². The molecule has 9 nitrogen and oxygen atoms in total. The Kier molecular flexibility index (Phi) is 12.8. The van der Waals surface area contributed by atoms with Crippen LogP contribution in [0.25, 0.3) is 0 Å². The largest absolute Gasteiger partial charge is 0.497 e. The average molecular weight is 718 g/mol. The topological polar surface area (TPSA) is 105 Å². The molecule has 4 aromatic carbocycles. The van der Waals surface area contributed by atoms with Crippen molar-refractivity contribution in [1.82, 2.24) is 10.2 Å². The summed E-state index contributed by atoms with van der Waals surface area (Å²) in [5, 5.41) is 3.61. The average Bonchev–Trinajstić information content (AvgIpc) is 3.13. The van der Waals surface area contributed by atoms with Gasteiger partial charge in [0, 0.05) is 24.0 Å². The number of halogens is 1. The lowest BCUT2D eigenvalue weighted by Gasteiger charge is -2.35. The van der Waals surface area contributed by atoms with E-state index >= 15 is 0 Å². The predicted molar refractivity (Wildman–Crippen MR) is 196 cm³/mol. The maximum absolute atomic E-state index is 14.8. The second kappa shape index (κ2) is 17.4. The van der Waals surface area contributed by atoms with E-state index in [1.165, 1.54) is 29.2 Å². The molecule has 0 unspecified atom stereocenters. The minimum atomic E-state index is -4.27. The molecule has 0 heterocycles. The second-order valence-electron chi connectivity index (χ2n) is 12.3. The van der Waals surface area contributed by atoms with Gasteiger partial charge in [-0.25, -0.2) is 8.42 Å². The van der Waals surface area contributed by atoms with Crippen molar-refractivity contribution in [3.8, 4) is 11.5 Å². The van der Waals surface area contributed by atoms with Crippen LogP contribution in [0.2, 0.25) is 5.02 Å². The molecule has 0 saturated heterocycles. The Morgan fingerprint density at radius 3 is 2.20 bits per heavy atom. The quantitative estimate of drug-likeness (QED) is 0.142. The standard InChI is InChI=1S/C39H44ClN3O6S/c1-3-49-34-21-19-33(20-22-34)43(50(46,47)36-23-17-31(40)18-24-36)28-38(44)42(27-30-13-10-16-35(25-30)48-2)37(26-29-11-6-4-7-12-29)39(45)41-32-14-8-5-9-15-32/h4,6-7,10-13,16-25,32,37H,3,5,8-9,14-15,26-28H2,1-2H3,(H,41,45)/t37-/m1/s1. The highest BCUT2D eigenvalue weighted by atomic mass is 35.5. The number of carbonyl (C=O) groups excluding carboxylic acids is 2. The summed E-state index contributed by atoms with van der Waals surface area (Å²) < 4.78 is 40.7. The van der Waals surface area contributed by atoms with Crippen LogP contribution in [0.1, 0.15) is 50.2 Å². The molecule has 0 aliphatic heterocycles. The van der Waals surface area contributed by atoms with E-state index in [2.05, 4.69) is 5.32 Å². The van der Waals surface area contributed by atoms with Gasteiger partial charge in [-0.15, -0.1) is 0 Å². The van der Waals surface area contributed by atoms with Gasteiger partial charge in [0.25, 0.3) is 10.0 Å². The predicted octanol–water partition coefficient (Wildman–Crippen LogP) is 7.03. The number of hydrogen-bond donors (Lipinski definition) is 1. The third kappa shape index (κ3) is 9.57. The van der Waals surface area contributed by atoms with Crippen molar-refractivity contribution < 1.29 is 27.5 Å². The summed E-state index contributed by atoms with van der Waals surface area (Å²) >= 11 is 6.10. The summed E-state index contributed by atoms with van der Waals surface area (Å²) in [7, 11) is -2.71. The second-order valence-corrected chi connectivity index (χ2v) is 14.6. The summed E-state index contributed by atoms with van der Waals surface area (Å²) in [6.45, 7) is 1.78. The highest BCUT2D eigenvalue weighted by Gasteiger charge is 2.35. The Hall–Kier alpha value is -4.54. The van der Waals surface area contributed by atoms with E-state index in [1.54, 1.807) is 37.4 Å². The minimum Gasteiger partial charge on any atom is -0.497 e. The molecule has 1 saturated carbocycles. The smallest absolute Gasteiger partial charge is 0.264 e. The summed E-state index contributed by atoms with van der Waals surface area (Å²) in [4.78, 5) is 30.5. The van der Waals surface area contributed by atoms with Crippen LogP contribution in [0.4, 0.5) is 5.69 Å². The van der Waals surface area contributed by atoms with E-state index in [1.807, 2.05) is 55.5 Å². The van der Waals surface area contributed by atoms with Crippen LogP contribution in [0.3, 0.4) is 0 Å². The van der Waals surface area contributed by atoms with Crippen molar-refractivity contribution in [3.05, 3.63) is 119 Å². The number of ether oxygens (including phenoxy) is 2. The van der Waals surface area contributed by atoms with Crippen LogP contribution in [0.15, 0.2) is 108 Å².